The molecule has 25 heavy (non-hydrogen) atoms. The van der Waals surface area contributed by atoms with Gasteiger partial charge in [-0.2, -0.15) is 0 Å². The van der Waals surface area contributed by atoms with Crippen LogP contribution in [-0.4, -0.2) is 24.5 Å². The van der Waals surface area contributed by atoms with Gasteiger partial charge in [-0.15, -0.1) is 0 Å². The molecular weight excluding hydrogens is 344 g/mol. The van der Waals surface area contributed by atoms with Crippen LogP contribution in [0, 0.1) is 0 Å². The zero-order valence-electron chi connectivity index (χ0n) is 13.8. The van der Waals surface area contributed by atoms with Crippen molar-refractivity contribution in [3.63, 3.8) is 0 Å². The zero-order valence-corrected chi connectivity index (χ0v) is 14.5. The molecule has 0 saturated carbocycles. The van der Waals surface area contributed by atoms with Crippen molar-refractivity contribution in [3.8, 4) is 11.5 Å². The average molecular weight is 361 g/mol. The second-order valence-electron chi connectivity index (χ2n) is 5.76. The average Bonchev–Trinajstić information content (AvgIpc) is 2.61. The molecule has 7 heteroatoms. The third-order valence-electron chi connectivity index (χ3n) is 3.98. The van der Waals surface area contributed by atoms with E-state index in [-0.39, 0.29) is 6.54 Å². The number of anilines is 1. The van der Waals surface area contributed by atoms with E-state index in [2.05, 4.69) is 10.6 Å². The van der Waals surface area contributed by atoms with Gasteiger partial charge >= 0.3 is 0 Å². The first-order valence-corrected chi connectivity index (χ1v) is 8.01. The number of ether oxygens (including phenoxy) is 2. The molecule has 2 N–H and O–H groups in total. The SMILES string of the molecule is COc1ccc(CNC(=O)C2(C)Oc3ccc(Cl)cc3NC2=O)cc1. The number of carbonyl (C=O) groups is 2. The lowest BCUT2D eigenvalue weighted by atomic mass is 10.0. The number of fused-ring (bicyclic) bond motifs is 1. The highest BCUT2D eigenvalue weighted by atomic mass is 35.5. The smallest absolute Gasteiger partial charge is 0.278 e. The fourth-order valence-corrected chi connectivity index (χ4v) is 2.61. The molecule has 1 heterocycles. The van der Waals surface area contributed by atoms with E-state index in [1.165, 1.54) is 6.92 Å². The van der Waals surface area contributed by atoms with Crippen LogP contribution in [0.15, 0.2) is 42.5 Å². The summed E-state index contributed by atoms with van der Waals surface area (Å²) in [5.41, 5.74) is -0.341. The van der Waals surface area contributed by atoms with Crippen molar-refractivity contribution in [1.29, 1.82) is 0 Å². The number of benzene rings is 2. The van der Waals surface area contributed by atoms with Gasteiger partial charge in [0.15, 0.2) is 0 Å². The van der Waals surface area contributed by atoms with Crippen LogP contribution < -0.4 is 20.1 Å². The van der Waals surface area contributed by atoms with Crippen molar-refractivity contribution < 1.29 is 19.1 Å². The Kier molecular flexibility index (Phi) is 4.55. The lowest BCUT2D eigenvalue weighted by molar-refractivity contribution is -0.146. The molecule has 0 aliphatic carbocycles. The Morgan fingerprint density at radius 3 is 2.68 bits per heavy atom. The van der Waals surface area contributed by atoms with Crippen LogP contribution in [0.1, 0.15) is 12.5 Å². The second kappa shape index (κ2) is 6.64. The fourth-order valence-electron chi connectivity index (χ4n) is 2.44. The molecule has 1 unspecified atom stereocenters. The van der Waals surface area contributed by atoms with E-state index in [1.54, 1.807) is 37.4 Å². The van der Waals surface area contributed by atoms with Crippen LogP contribution in [0.2, 0.25) is 5.02 Å². The summed E-state index contributed by atoms with van der Waals surface area (Å²) in [6, 6.07) is 12.1. The van der Waals surface area contributed by atoms with E-state index in [1.807, 2.05) is 12.1 Å². The molecule has 1 aliphatic rings. The summed E-state index contributed by atoms with van der Waals surface area (Å²) in [6.07, 6.45) is 0. The number of carbonyl (C=O) groups excluding carboxylic acids is 2. The highest BCUT2D eigenvalue weighted by Crippen LogP contribution is 2.35. The molecule has 0 saturated heterocycles. The summed E-state index contributed by atoms with van der Waals surface area (Å²) in [5.74, 6) is 0.0503. The van der Waals surface area contributed by atoms with E-state index in [4.69, 9.17) is 21.1 Å². The number of amides is 2. The Hall–Kier alpha value is -2.73. The summed E-state index contributed by atoms with van der Waals surface area (Å²) in [7, 11) is 1.58. The molecule has 0 aromatic heterocycles. The molecule has 1 aliphatic heterocycles. The molecule has 6 nitrogen and oxygen atoms in total. The highest BCUT2D eigenvalue weighted by Gasteiger charge is 2.47. The van der Waals surface area contributed by atoms with Crippen LogP contribution in [0.4, 0.5) is 5.69 Å². The van der Waals surface area contributed by atoms with Crippen LogP contribution in [0.5, 0.6) is 11.5 Å². The van der Waals surface area contributed by atoms with Gasteiger partial charge in [-0.3, -0.25) is 9.59 Å². The summed E-state index contributed by atoms with van der Waals surface area (Å²) in [4.78, 5) is 24.9. The van der Waals surface area contributed by atoms with Gasteiger partial charge in [-0.25, -0.2) is 0 Å². The van der Waals surface area contributed by atoms with Crippen LogP contribution in [0.3, 0.4) is 0 Å². The van der Waals surface area contributed by atoms with Crippen molar-refractivity contribution in [3.05, 3.63) is 53.1 Å². The number of hydrogen-bond acceptors (Lipinski definition) is 4. The van der Waals surface area contributed by atoms with E-state index < -0.39 is 17.4 Å². The predicted octanol–water partition coefficient (Wildman–Crippen LogP) is 2.75. The molecule has 130 valence electrons. The Bertz CT molecular complexity index is 822. The van der Waals surface area contributed by atoms with Gasteiger partial charge in [0.05, 0.1) is 12.8 Å². The van der Waals surface area contributed by atoms with E-state index >= 15 is 0 Å². The van der Waals surface area contributed by atoms with E-state index in [0.717, 1.165) is 11.3 Å². The maximum atomic E-state index is 12.6. The molecular formula is C18H17ClN2O4. The molecule has 0 spiro atoms. The van der Waals surface area contributed by atoms with Crippen LogP contribution >= 0.6 is 11.6 Å². The van der Waals surface area contributed by atoms with Crippen molar-refractivity contribution in [2.24, 2.45) is 0 Å². The first-order valence-electron chi connectivity index (χ1n) is 7.63. The first kappa shape index (κ1) is 17.1. The zero-order chi connectivity index (χ0) is 18.0. The molecule has 0 bridgehead atoms. The van der Waals surface area contributed by atoms with Crippen molar-refractivity contribution in [2.45, 2.75) is 19.1 Å². The molecule has 2 amide bonds. The minimum Gasteiger partial charge on any atom is -0.497 e. The van der Waals surface area contributed by atoms with Gasteiger partial charge in [0.25, 0.3) is 17.4 Å². The highest BCUT2D eigenvalue weighted by molar-refractivity contribution is 6.31. The number of halogens is 1. The third kappa shape index (κ3) is 3.39. The molecule has 0 fully saturated rings. The Morgan fingerprint density at radius 2 is 2.00 bits per heavy atom. The predicted molar refractivity (Wildman–Crippen MR) is 94.0 cm³/mol. The van der Waals surface area contributed by atoms with E-state index in [9.17, 15) is 9.59 Å². The molecule has 2 aromatic rings. The summed E-state index contributed by atoms with van der Waals surface area (Å²) in [6.45, 7) is 1.70. The number of nitrogens with one attached hydrogen (secondary N) is 2. The van der Waals surface area contributed by atoms with E-state index in [0.29, 0.717) is 16.5 Å². The number of hydrogen-bond donors (Lipinski definition) is 2. The molecule has 2 aromatic carbocycles. The summed E-state index contributed by atoms with van der Waals surface area (Å²) in [5, 5.41) is 5.86. The molecule has 3 rings (SSSR count). The van der Waals surface area contributed by atoms with Crippen LogP contribution in [0.25, 0.3) is 0 Å². The number of methoxy groups -OCH3 is 1. The van der Waals surface area contributed by atoms with Gasteiger partial charge in [0, 0.05) is 11.6 Å². The monoisotopic (exact) mass is 360 g/mol. The summed E-state index contributed by atoms with van der Waals surface area (Å²) < 4.78 is 10.8. The Labute approximate surface area is 150 Å². The normalized spacial score (nSPS) is 18.6. The maximum absolute atomic E-state index is 12.6. The Morgan fingerprint density at radius 1 is 1.28 bits per heavy atom. The quantitative estimate of drug-likeness (QED) is 0.822. The number of rotatable bonds is 4. The first-order chi connectivity index (χ1) is 11.9. The molecule has 1 atom stereocenters. The largest absolute Gasteiger partial charge is 0.497 e. The van der Waals surface area contributed by atoms with Gasteiger partial charge in [-0.1, -0.05) is 23.7 Å². The standard InChI is InChI=1S/C18H17ClN2O4/c1-18(16(22)20-10-11-3-6-13(24-2)7-4-11)17(23)21-14-9-12(19)5-8-15(14)25-18/h3-9H,10H2,1-2H3,(H,20,22)(H,21,23). The minimum absolute atomic E-state index is 0.266. The van der Waals surface area contributed by atoms with Gasteiger partial charge in [0.1, 0.15) is 11.5 Å². The lowest BCUT2D eigenvalue weighted by Crippen LogP contribution is -2.58. The van der Waals surface area contributed by atoms with Gasteiger partial charge < -0.3 is 20.1 Å². The lowest BCUT2D eigenvalue weighted by Gasteiger charge is -2.33. The van der Waals surface area contributed by atoms with Crippen molar-refractivity contribution in [2.75, 3.05) is 12.4 Å². The van der Waals surface area contributed by atoms with Crippen molar-refractivity contribution in [1.82, 2.24) is 5.32 Å². The van der Waals surface area contributed by atoms with Gasteiger partial charge in [0.2, 0.25) is 0 Å². The molecule has 0 radical (unpaired) electrons. The minimum atomic E-state index is -1.66. The Balaban J connectivity index is 1.72. The third-order valence-corrected chi connectivity index (χ3v) is 4.22. The topological polar surface area (TPSA) is 76.7 Å². The summed E-state index contributed by atoms with van der Waals surface area (Å²) >= 11 is 5.90. The maximum Gasteiger partial charge on any atom is 0.278 e. The van der Waals surface area contributed by atoms with Gasteiger partial charge in [-0.05, 0) is 42.8 Å². The second-order valence-corrected chi connectivity index (χ2v) is 6.20. The van der Waals surface area contributed by atoms with Crippen molar-refractivity contribution >= 4 is 29.1 Å². The fraction of sp³-hybridized carbons (Fsp3) is 0.222. The van der Waals surface area contributed by atoms with Crippen LogP contribution in [-0.2, 0) is 16.1 Å².